The number of aromatic nitrogens is 5. The van der Waals surface area contributed by atoms with Gasteiger partial charge in [-0.3, -0.25) is 10.1 Å². The predicted octanol–water partition coefficient (Wildman–Crippen LogP) is 1.98. The molecule has 1 saturated heterocycles. The van der Waals surface area contributed by atoms with Crippen LogP contribution in [-0.4, -0.2) is 51.3 Å². The average Bonchev–Trinajstić information content (AvgIpc) is 3.15. The number of rotatable bonds is 2. The van der Waals surface area contributed by atoms with Gasteiger partial charge in [-0.2, -0.15) is 5.10 Å². The highest BCUT2D eigenvalue weighted by atomic mass is 15.2. The van der Waals surface area contributed by atoms with Crippen molar-refractivity contribution >= 4 is 27.6 Å². The molecule has 0 bridgehead atoms. The second-order valence-corrected chi connectivity index (χ2v) is 6.17. The molecule has 7 nitrogen and oxygen atoms in total. The summed E-state index contributed by atoms with van der Waals surface area (Å²) >= 11 is 0. The van der Waals surface area contributed by atoms with Gasteiger partial charge in [-0.1, -0.05) is 0 Å². The number of nitrogens with one attached hydrogen (secondary N) is 2. The van der Waals surface area contributed by atoms with Crippen molar-refractivity contribution in [3.8, 4) is 11.4 Å². The van der Waals surface area contributed by atoms with Crippen molar-refractivity contribution in [2.75, 3.05) is 31.1 Å². The number of aromatic amines is 1. The maximum absolute atomic E-state index is 4.91. The summed E-state index contributed by atoms with van der Waals surface area (Å²) in [7, 11) is 0. The zero-order valence-corrected chi connectivity index (χ0v) is 13.6. The zero-order chi connectivity index (χ0) is 16.6. The van der Waals surface area contributed by atoms with Crippen LogP contribution in [0.25, 0.3) is 33.2 Å². The molecule has 3 aromatic heterocycles. The topological polar surface area (TPSA) is 82.6 Å². The second kappa shape index (κ2) is 5.78. The molecule has 1 aliphatic rings. The van der Waals surface area contributed by atoms with Crippen molar-refractivity contribution in [3.05, 3.63) is 42.9 Å². The number of fused-ring (bicyclic) bond motifs is 2. The second-order valence-electron chi connectivity index (χ2n) is 6.17. The van der Waals surface area contributed by atoms with Gasteiger partial charge < -0.3 is 10.2 Å². The molecule has 0 unspecified atom stereocenters. The van der Waals surface area contributed by atoms with Gasteiger partial charge in [0.25, 0.3) is 0 Å². The maximum atomic E-state index is 4.91. The number of hydrogen-bond acceptors (Lipinski definition) is 6. The Morgan fingerprint density at radius 3 is 2.84 bits per heavy atom. The molecular weight excluding hydrogens is 314 g/mol. The first-order valence-corrected chi connectivity index (χ1v) is 8.39. The Morgan fingerprint density at radius 1 is 1.00 bits per heavy atom. The normalized spacial score (nSPS) is 15.1. The van der Waals surface area contributed by atoms with Crippen LogP contribution in [-0.2, 0) is 0 Å². The first kappa shape index (κ1) is 14.3. The van der Waals surface area contributed by atoms with E-state index in [9.17, 15) is 0 Å². The van der Waals surface area contributed by atoms with E-state index in [-0.39, 0.29) is 0 Å². The predicted molar refractivity (Wildman–Crippen MR) is 97.5 cm³/mol. The minimum Gasteiger partial charge on any atom is -0.353 e. The summed E-state index contributed by atoms with van der Waals surface area (Å²) < 4.78 is 0. The summed E-state index contributed by atoms with van der Waals surface area (Å²) in [6.45, 7) is 3.81. The molecule has 7 heteroatoms. The standard InChI is InChI=1S/C18H17N7/c1-2-15-13(10-21-24-15)9-12(1)17-22-16-11-20-4-3-14(16)18(23-17)25-7-5-19-6-8-25/h1-4,9-11,19H,5-8H2,(H,21,24). The zero-order valence-electron chi connectivity index (χ0n) is 13.6. The van der Waals surface area contributed by atoms with Crippen LogP contribution in [0, 0.1) is 0 Å². The summed E-state index contributed by atoms with van der Waals surface area (Å²) in [6.07, 6.45) is 5.43. The van der Waals surface area contributed by atoms with Gasteiger partial charge in [0.1, 0.15) is 5.82 Å². The number of benzene rings is 1. The molecule has 124 valence electrons. The van der Waals surface area contributed by atoms with E-state index >= 15 is 0 Å². The third kappa shape index (κ3) is 2.49. The molecule has 1 aliphatic heterocycles. The van der Waals surface area contributed by atoms with E-state index in [0.717, 1.165) is 65.2 Å². The smallest absolute Gasteiger partial charge is 0.162 e. The molecule has 0 saturated carbocycles. The quantitative estimate of drug-likeness (QED) is 0.584. The monoisotopic (exact) mass is 331 g/mol. The van der Waals surface area contributed by atoms with E-state index in [4.69, 9.17) is 9.97 Å². The third-order valence-electron chi connectivity index (χ3n) is 4.59. The SMILES string of the molecule is c1cc2c(N3CCNCC3)nc(-c3ccc4[nH]ncc4c3)nc2cn1. The van der Waals surface area contributed by atoms with E-state index in [0.29, 0.717) is 0 Å². The fourth-order valence-electron chi connectivity index (χ4n) is 3.29. The van der Waals surface area contributed by atoms with Crippen LogP contribution in [0.4, 0.5) is 5.82 Å². The average molecular weight is 331 g/mol. The third-order valence-corrected chi connectivity index (χ3v) is 4.59. The van der Waals surface area contributed by atoms with Gasteiger partial charge in [0, 0.05) is 48.7 Å². The van der Waals surface area contributed by atoms with Crippen molar-refractivity contribution in [3.63, 3.8) is 0 Å². The highest BCUT2D eigenvalue weighted by Crippen LogP contribution is 2.28. The molecule has 5 rings (SSSR count). The summed E-state index contributed by atoms with van der Waals surface area (Å²) in [6, 6.07) is 8.10. The van der Waals surface area contributed by atoms with E-state index < -0.39 is 0 Å². The van der Waals surface area contributed by atoms with Crippen LogP contribution < -0.4 is 10.2 Å². The van der Waals surface area contributed by atoms with Crippen molar-refractivity contribution in [2.24, 2.45) is 0 Å². The van der Waals surface area contributed by atoms with Crippen molar-refractivity contribution in [2.45, 2.75) is 0 Å². The highest BCUT2D eigenvalue weighted by molar-refractivity contribution is 5.91. The Balaban J connectivity index is 1.69. The van der Waals surface area contributed by atoms with Crippen LogP contribution in [0.2, 0.25) is 0 Å². The van der Waals surface area contributed by atoms with Crippen molar-refractivity contribution in [1.29, 1.82) is 0 Å². The van der Waals surface area contributed by atoms with Crippen LogP contribution in [0.15, 0.2) is 42.9 Å². The largest absolute Gasteiger partial charge is 0.353 e. The lowest BCUT2D eigenvalue weighted by molar-refractivity contribution is 0.586. The Morgan fingerprint density at radius 2 is 1.92 bits per heavy atom. The molecule has 0 aliphatic carbocycles. The van der Waals surface area contributed by atoms with E-state index in [1.165, 1.54) is 0 Å². The lowest BCUT2D eigenvalue weighted by Crippen LogP contribution is -2.44. The summed E-state index contributed by atoms with van der Waals surface area (Å²) in [5, 5.41) is 12.5. The van der Waals surface area contributed by atoms with Gasteiger partial charge >= 0.3 is 0 Å². The number of nitrogens with zero attached hydrogens (tertiary/aromatic N) is 5. The van der Waals surface area contributed by atoms with Crippen molar-refractivity contribution in [1.82, 2.24) is 30.5 Å². The molecule has 0 atom stereocenters. The van der Waals surface area contributed by atoms with E-state index in [1.54, 1.807) is 6.20 Å². The number of hydrogen-bond donors (Lipinski definition) is 2. The Labute approximate surface area is 144 Å². The molecular formula is C18H17N7. The lowest BCUT2D eigenvalue weighted by atomic mass is 10.1. The minimum absolute atomic E-state index is 0.720. The van der Waals surface area contributed by atoms with Gasteiger partial charge in [-0.15, -0.1) is 0 Å². The van der Waals surface area contributed by atoms with Crippen LogP contribution in [0.5, 0.6) is 0 Å². The first-order chi connectivity index (χ1) is 12.4. The molecule has 0 spiro atoms. The van der Waals surface area contributed by atoms with Gasteiger partial charge in [0.15, 0.2) is 5.82 Å². The van der Waals surface area contributed by atoms with E-state index in [1.807, 2.05) is 30.6 Å². The molecule has 1 fully saturated rings. The molecule has 0 radical (unpaired) electrons. The van der Waals surface area contributed by atoms with Gasteiger partial charge in [-0.25, -0.2) is 9.97 Å². The van der Waals surface area contributed by atoms with Crippen LogP contribution in [0.3, 0.4) is 0 Å². The van der Waals surface area contributed by atoms with Gasteiger partial charge in [-0.05, 0) is 24.3 Å². The number of anilines is 1. The Kier molecular flexibility index (Phi) is 3.31. The Hall–Kier alpha value is -3.06. The minimum atomic E-state index is 0.720. The fraction of sp³-hybridized carbons (Fsp3) is 0.222. The maximum Gasteiger partial charge on any atom is 0.162 e. The number of H-pyrrole nitrogens is 1. The lowest BCUT2D eigenvalue weighted by Gasteiger charge is -2.29. The molecule has 25 heavy (non-hydrogen) atoms. The number of piperazine rings is 1. The van der Waals surface area contributed by atoms with Crippen LogP contribution >= 0.6 is 0 Å². The fourth-order valence-corrected chi connectivity index (χ4v) is 3.29. The van der Waals surface area contributed by atoms with Gasteiger partial charge in [0.2, 0.25) is 0 Å². The molecule has 4 aromatic rings. The summed E-state index contributed by atoms with van der Waals surface area (Å²) in [5.41, 5.74) is 2.86. The van der Waals surface area contributed by atoms with Gasteiger partial charge in [0.05, 0.1) is 23.4 Å². The molecule has 1 aromatic carbocycles. The van der Waals surface area contributed by atoms with E-state index in [2.05, 4.69) is 31.5 Å². The Bertz CT molecular complexity index is 1050. The molecule has 2 N–H and O–H groups in total. The first-order valence-electron chi connectivity index (χ1n) is 8.39. The van der Waals surface area contributed by atoms with Crippen LogP contribution in [0.1, 0.15) is 0 Å². The van der Waals surface area contributed by atoms with Crippen molar-refractivity contribution < 1.29 is 0 Å². The summed E-state index contributed by atoms with van der Waals surface area (Å²) in [4.78, 5) is 16.2. The molecule has 0 amide bonds. The highest BCUT2D eigenvalue weighted by Gasteiger charge is 2.17. The molecule has 4 heterocycles. The summed E-state index contributed by atoms with van der Waals surface area (Å²) in [5.74, 6) is 1.70. The number of pyridine rings is 1.